The molecule has 17 heavy (non-hydrogen) atoms. The molecular weight excluding hydrogens is 214 g/mol. The molecule has 0 unspecified atom stereocenters. The number of nitrogens with one attached hydrogen (secondary N) is 1. The van der Waals surface area contributed by atoms with Gasteiger partial charge in [-0.05, 0) is 37.0 Å². The Morgan fingerprint density at radius 2 is 1.71 bits per heavy atom. The SMILES string of the molecule is CC(C)(C)C1CCC(O)(C2(CO)CNC2)CC1. The molecule has 0 amide bonds. The highest BCUT2D eigenvalue weighted by molar-refractivity contribution is 5.08. The summed E-state index contributed by atoms with van der Waals surface area (Å²) in [6.45, 7) is 8.50. The van der Waals surface area contributed by atoms with E-state index in [2.05, 4.69) is 26.1 Å². The Bertz CT molecular complexity index is 265. The van der Waals surface area contributed by atoms with Crippen LogP contribution in [0.2, 0.25) is 0 Å². The van der Waals surface area contributed by atoms with Crippen LogP contribution >= 0.6 is 0 Å². The molecule has 0 atom stereocenters. The van der Waals surface area contributed by atoms with E-state index >= 15 is 0 Å². The van der Waals surface area contributed by atoms with E-state index in [1.807, 2.05) is 0 Å². The topological polar surface area (TPSA) is 52.5 Å². The van der Waals surface area contributed by atoms with Crippen LogP contribution in [0.3, 0.4) is 0 Å². The summed E-state index contributed by atoms with van der Waals surface area (Å²) in [6.07, 6.45) is 3.86. The van der Waals surface area contributed by atoms with Crippen molar-refractivity contribution in [1.29, 1.82) is 0 Å². The molecule has 1 heterocycles. The number of aliphatic hydroxyl groups excluding tert-OH is 1. The minimum absolute atomic E-state index is 0.108. The van der Waals surface area contributed by atoms with E-state index in [0.717, 1.165) is 38.8 Å². The predicted octanol–water partition coefficient (Wildman–Crippen LogP) is 1.54. The molecule has 100 valence electrons. The second-order valence-electron chi connectivity index (χ2n) is 7.21. The molecule has 1 saturated heterocycles. The van der Waals surface area contributed by atoms with E-state index in [1.165, 1.54) is 0 Å². The summed E-state index contributed by atoms with van der Waals surface area (Å²) in [4.78, 5) is 0. The predicted molar refractivity (Wildman–Crippen MR) is 68.8 cm³/mol. The lowest BCUT2D eigenvalue weighted by Gasteiger charge is -2.55. The van der Waals surface area contributed by atoms with Crippen molar-refractivity contribution in [2.45, 2.75) is 52.1 Å². The molecule has 2 aliphatic rings. The van der Waals surface area contributed by atoms with E-state index in [0.29, 0.717) is 11.3 Å². The lowest BCUT2D eigenvalue weighted by Crippen LogP contribution is -2.68. The number of hydrogen-bond acceptors (Lipinski definition) is 3. The first kappa shape index (κ1) is 13.3. The molecule has 1 saturated carbocycles. The Balaban J connectivity index is 2.02. The number of hydrogen-bond donors (Lipinski definition) is 3. The van der Waals surface area contributed by atoms with Crippen LogP contribution in [0.4, 0.5) is 0 Å². The summed E-state index contributed by atoms with van der Waals surface area (Å²) in [5.74, 6) is 0.701. The summed E-state index contributed by atoms with van der Waals surface area (Å²) >= 11 is 0. The number of aliphatic hydroxyl groups is 2. The van der Waals surface area contributed by atoms with Crippen molar-refractivity contribution in [3.63, 3.8) is 0 Å². The van der Waals surface area contributed by atoms with Gasteiger partial charge in [-0.25, -0.2) is 0 Å². The van der Waals surface area contributed by atoms with E-state index in [9.17, 15) is 10.2 Å². The Morgan fingerprint density at radius 1 is 1.18 bits per heavy atom. The Labute approximate surface area is 105 Å². The highest BCUT2D eigenvalue weighted by Gasteiger charge is 2.55. The van der Waals surface area contributed by atoms with Crippen molar-refractivity contribution in [2.75, 3.05) is 19.7 Å². The van der Waals surface area contributed by atoms with E-state index in [1.54, 1.807) is 0 Å². The van der Waals surface area contributed by atoms with Crippen LogP contribution in [0.1, 0.15) is 46.5 Å². The molecule has 0 aromatic rings. The van der Waals surface area contributed by atoms with Gasteiger partial charge in [0.2, 0.25) is 0 Å². The van der Waals surface area contributed by atoms with Crippen molar-refractivity contribution in [3.8, 4) is 0 Å². The summed E-state index contributed by atoms with van der Waals surface area (Å²) < 4.78 is 0. The molecule has 0 spiro atoms. The van der Waals surface area contributed by atoms with Crippen LogP contribution in [-0.4, -0.2) is 35.5 Å². The van der Waals surface area contributed by atoms with Crippen LogP contribution < -0.4 is 5.32 Å². The van der Waals surface area contributed by atoms with Gasteiger partial charge in [0, 0.05) is 18.5 Å². The maximum Gasteiger partial charge on any atom is 0.0750 e. The van der Waals surface area contributed by atoms with Crippen LogP contribution in [0.25, 0.3) is 0 Å². The third-order valence-electron chi connectivity index (χ3n) is 5.25. The Morgan fingerprint density at radius 3 is 2.00 bits per heavy atom. The first-order valence-electron chi connectivity index (χ1n) is 6.87. The lowest BCUT2D eigenvalue weighted by atomic mass is 9.58. The molecule has 2 rings (SSSR count). The smallest absolute Gasteiger partial charge is 0.0750 e. The molecule has 3 N–H and O–H groups in total. The fourth-order valence-corrected chi connectivity index (χ4v) is 3.51. The quantitative estimate of drug-likeness (QED) is 0.687. The maximum atomic E-state index is 10.8. The van der Waals surface area contributed by atoms with E-state index < -0.39 is 5.60 Å². The molecule has 1 aliphatic carbocycles. The van der Waals surface area contributed by atoms with Crippen LogP contribution in [0.15, 0.2) is 0 Å². The first-order valence-corrected chi connectivity index (χ1v) is 6.87. The van der Waals surface area contributed by atoms with Crippen molar-refractivity contribution >= 4 is 0 Å². The van der Waals surface area contributed by atoms with Gasteiger partial charge in [-0.15, -0.1) is 0 Å². The lowest BCUT2D eigenvalue weighted by molar-refractivity contribution is -0.162. The average molecular weight is 241 g/mol. The highest BCUT2D eigenvalue weighted by atomic mass is 16.3. The summed E-state index contributed by atoms with van der Waals surface area (Å²) in [6, 6.07) is 0. The molecule has 3 nitrogen and oxygen atoms in total. The van der Waals surface area contributed by atoms with Crippen LogP contribution in [0, 0.1) is 16.7 Å². The van der Waals surface area contributed by atoms with Gasteiger partial charge < -0.3 is 15.5 Å². The minimum atomic E-state index is -0.644. The van der Waals surface area contributed by atoms with Gasteiger partial charge in [-0.1, -0.05) is 20.8 Å². The van der Waals surface area contributed by atoms with Gasteiger partial charge >= 0.3 is 0 Å². The van der Waals surface area contributed by atoms with E-state index in [4.69, 9.17) is 0 Å². The molecule has 3 heteroatoms. The third kappa shape index (κ3) is 2.13. The zero-order chi connectivity index (χ0) is 12.7. The molecule has 0 aromatic carbocycles. The highest BCUT2D eigenvalue weighted by Crippen LogP contribution is 2.49. The summed E-state index contributed by atoms with van der Waals surface area (Å²) in [5.41, 5.74) is -0.573. The Kier molecular flexibility index (Phi) is 3.30. The van der Waals surface area contributed by atoms with Crippen molar-refractivity contribution in [3.05, 3.63) is 0 Å². The molecule has 0 aromatic heterocycles. The summed E-state index contributed by atoms with van der Waals surface area (Å²) in [5, 5.41) is 23.6. The monoisotopic (exact) mass is 241 g/mol. The first-order chi connectivity index (χ1) is 7.83. The number of rotatable bonds is 2. The van der Waals surface area contributed by atoms with Gasteiger partial charge in [-0.2, -0.15) is 0 Å². The largest absolute Gasteiger partial charge is 0.396 e. The standard InChI is InChI=1S/C14H27NO2/c1-12(2,3)11-4-6-14(17,7-5-11)13(10-16)8-15-9-13/h11,15-17H,4-10H2,1-3H3. The molecule has 2 fully saturated rings. The van der Waals surface area contributed by atoms with Gasteiger partial charge in [0.15, 0.2) is 0 Å². The van der Waals surface area contributed by atoms with Gasteiger partial charge in [0.25, 0.3) is 0 Å². The molecular formula is C14H27NO2. The van der Waals surface area contributed by atoms with Gasteiger partial charge in [-0.3, -0.25) is 0 Å². The van der Waals surface area contributed by atoms with Crippen molar-refractivity contribution in [2.24, 2.45) is 16.7 Å². The normalized spacial score (nSPS) is 37.6. The zero-order valence-corrected chi connectivity index (χ0v) is 11.4. The summed E-state index contributed by atoms with van der Waals surface area (Å²) in [7, 11) is 0. The Hall–Kier alpha value is -0.120. The van der Waals surface area contributed by atoms with Crippen molar-refractivity contribution in [1.82, 2.24) is 5.32 Å². The van der Waals surface area contributed by atoms with Crippen LogP contribution in [0.5, 0.6) is 0 Å². The fraction of sp³-hybridized carbons (Fsp3) is 1.00. The molecule has 0 radical (unpaired) electrons. The van der Waals surface area contributed by atoms with Gasteiger partial charge in [0.1, 0.15) is 0 Å². The van der Waals surface area contributed by atoms with Crippen LogP contribution in [-0.2, 0) is 0 Å². The molecule has 0 bridgehead atoms. The fourth-order valence-electron chi connectivity index (χ4n) is 3.51. The zero-order valence-electron chi connectivity index (χ0n) is 11.4. The van der Waals surface area contributed by atoms with E-state index in [-0.39, 0.29) is 12.0 Å². The third-order valence-corrected chi connectivity index (χ3v) is 5.25. The second kappa shape index (κ2) is 4.22. The molecule has 1 aliphatic heterocycles. The van der Waals surface area contributed by atoms with Crippen molar-refractivity contribution < 1.29 is 10.2 Å². The maximum absolute atomic E-state index is 10.8. The average Bonchev–Trinajstić information content (AvgIpc) is 2.15. The second-order valence-corrected chi connectivity index (χ2v) is 7.21. The minimum Gasteiger partial charge on any atom is -0.396 e. The van der Waals surface area contributed by atoms with Gasteiger partial charge in [0.05, 0.1) is 12.2 Å².